The number of rotatable bonds is 11. The summed E-state index contributed by atoms with van der Waals surface area (Å²) in [4.78, 5) is 2.24. The zero-order chi connectivity index (χ0) is 23.8. The molecule has 8 heteroatoms. The van der Waals surface area contributed by atoms with Gasteiger partial charge in [-0.3, -0.25) is 0 Å². The van der Waals surface area contributed by atoms with E-state index in [2.05, 4.69) is 36.2 Å². The van der Waals surface area contributed by atoms with Crippen molar-refractivity contribution in [2.45, 2.75) is 38.4 Å². The van der Waals surface area contributed by atoms with E-state index in [-0.39, 0.29) is 24.1 Å². The molecule has 1 N–H and O–H groups in total. The van der Waals surface area contributed by atoms with Gasteiger partial charge in [-0.15, -0.1) is 0 Å². The SMILES string of the molecule is [CH2]CCN1CCc2cc(C[C@@H](C)NCCOc3ccccc3OCC(F)(F)F)cc(C#N)c21. The van der Waals surface area contributed by atoms with Crippen LogP contribution in [-0.4, -0.2) is 45.1 Å². The molecule has 1 radical (unpaired) electrons. The number of halogens is 3. The number of hydrogen-bond donors (Lipinski definition) is 1. The molecule has 2 aromatic rings. The number of nitrogens with zero attached hydrogens (tertiary/aromatic N) is 2. The molecule has 0 unspecified atom stereocenters. The molecule has 0 saturated heterocycles. The van der Waals surface area contributed by atoms with E-state index in [0.717, 1.165) is 43.6 Å². The largest absolute Gasteiger partial charge is 0.488 e. The van der Waals surface area contributed by atoms with E-state index in [1.807, 2.05) is 6.07 Å². The summed E-state index contributed by atoms with van der Waals surface area (Å²) in [5, 5.41) is 13.0. The van der Waals surface area contributed by atoms with Crippen molar-refractivity contribution >= 4 is 5.69 Å². The molecule has 3 rings (SSSR count). The van der Waals surface area contributed by atoms with Gasteiger partial charge in [0.05, 0.1) is 11.3 Å². The summed E-state index contributed by atoms with van der Waals surface area (Å²) < 4.78 is 47.7. The first-order valence-corrected chi connectivity index (χ1v) is 11.1. The number of nitrogens with one attached hydrogen (secondary N) is 1. The van der Waals surface area contributed by atoms with Gasteiger partial charge in [-0.05, 0) is 55.5 Å². The third-order valence-corrected chi connectivity index (χ3v) is 5.40. The molecule has 0 amide bonds. The molecule has 177 valence electrons. The maximum atomic E-state index is 12.4. The molecule has 1 aliphatic heterocycles. The summed E-state index contributed by atoms with van der Waals surface area (Å²) in [6.07, 6.45) is -1.92. The summed E-state index contributed by atoms with van der Waals surface area (Å²) in [6.45, 7) is 7.18. The van der Waals surface area contributed by atoms with E-state index in [0.29, 0.717) is 12.1 Å². The Morgan fingerprint density at radius 2 is 1.94 bits per heavy atom. The maximum absolute atomic E-state index is 12.4. The Kier molecular flexibility index (Phi) is 8.45. The van der Waals surface area contributed by atoms with Crippen LogP contribution in [0.2, 0.25) is 0 Å². The number of para-hydroxylation sites is 2. The van der Waals surface area contributed by atoms with E-state index in [1.165, 1.54) is 11.6 Å². The number of benzene rings is 2. The van der Waals surface area contributed by atoms with Crippen molar-refractivity contribution in [2.75, 3.05) is 37.7 Å². The van der Waals surface area contributed by atoms with E-state index in [4.69, 9.17) is 9.47 Å². The van der Waals surface area contributed by atoms with Crippen LogP contribution < -0.4 is 19.7 Å². The molecule has 33 heavy (non-hydrogen) atoms. The Hall–Kier alpha value is -2.92. The number of fused-ring (bicyclic) bond motifs is 1. The van der Waals surface area contributed by atoms with Crippen molar-refractivity contribution in [1.29, 1.82) is 5.26 Å². The zero-order valence-electron chi connectivity index (χ0n) is 18.8. The first-order chi connectivity index (χ1) is 15.8. The Labute approximate surface area is 193 Å². The van der Waals surface area contributed by atoms with Crippen molar-refractivity contribution in [3.8, 4) is 17.6 Å². The fourth-order valence-electron chi connectivity index (χ4n) is 4.05. The molecule has 0 saturated carbocycles. The summed E-state index contributed by atoms with van der Waals surface area (Å²) in [5.74, 6) is 0.346. The predicted molar refractivity (Wildman–Crippen MR) is 122 cm³/mol. The lowest BCUT2D eigenvalue weighted by atomic mass is 9.99. The zero-order valence-corrected chi connectivity index (χ0v) is 18.8. The molecule has 0 fully saturated rings. The van der Waals surface area contributed by atoms with Gasteiger partial charge in [0.1, 0.15) is 12.7 Å². The second-order valence-electron chi connectivity index (χ2n) is 8.11. The monoisotopic (exact) mass is 460 g/mol. The molecular weight excluding hydrogens is 431 g/mol. The highest BCUT2D eigenvalue weighted by Crippen LogP contribution is 2.33. The predicted octanol–water partition coefficient (Wildman–Crippen LogP) is 4.69. The second-order valence-corrected chi connectivity index (χ2v) is 8.11. The van der Waals surface area contributed by atoms with E-state index >= 15 is 0 Å². The summed E-state index contributed by atoms with van der Waals surface area (Å²) >= 11 is 0. The Morgan fingerprint density at radius 1 is 1.21 bits per heavy atom. The van der Waals surface area contributed by atoms with Gasteiger partial charge >= 0.3 is 6.18 Å². The number of nitriles is 1. The molecule has 0 aliphatic carbocycles. The van der Waals surface area contributed by atoms with Crippen molar-refractivity contribution in [3.05, 3.63) is 60.0 Å². The lowest BCUT2D eigenvalue weighted by Crippen LogP contribution is -2.32. The summed E-state index contributed by atoms with van der Waals surface area (Å²) in [5.41, 5.74) is 4.07. The minimum Gasteiger partial charge on any atom is -0.488 e. The Bertz CT molecular complexity index is 972. The third kappa shape index (κ3) is 7.03. The maximum Gasteiger partial charge on any atom is 0.422 e. The first-order valence-electron chi connectivity index (χ1n) is 11.1. The van der Waals surface area contributed by atoms with E-state index in [9.17, 15) is 18.4 Å². The Balaban J connectivity index is 1.50. The van der Waals surface area contributed by atoms with Crippen LogP contribution >= 0.6 is 0 Å². The van der Waals surface area contributed by atoms with Gasteiger partial charge in [0.25, 0.3) is 0 Å². The van der Waals surface area contributed by atoms with Crippen LogP contribution in [0.1, 0.15) is 30.0 Å². The quantitative estimate of drug-likeness (QED) is 0.493. The Morgan fingerprint density at radius 3 is 2.61 bits per heavy atom. The fourth-order valence-corrected chi connectivity index (χ4v) is 4.05. The third-order valence-electron chi connectivity index (χ3n) is 5.40. The van der Waals surface area contributed by atoms with Gasteiger partial charge in [-0.2, -0.15) is 18.4 Å². The average molecular weight is 461 g/mol. The average Bonchev–Trinajstić information content (AvgIpc) is 3.18. The van der Waals surface area contributed by atoms with E-state index in [1.54, 1.807) is 18.2 Å². The van der Waals surface area contributed by atoms with Crippen LogP contribution in [0.5, 0.6) is 11.5 Å². The molecule has 2 aromatic carbocycles. The van der Waals surface area contributed by atoms with Crippen LogP contribution in [-0.2, 0) is 12.8 Å². The first kappa shape index (κ1) is 24.7. The molecule has 1 heterocycles. The van der Waals surface area contributed by atoms with Crippen LogP contribution in [0.15, 0.2) is 36.4 Å². The van der Waals surface area contributed by atoms with Crippen molar-refractivity contribution < 1.29 is 22.6 Å². The number of alkyl halides is 3. The van der Waals surface area contributed by atoms with Crippen LogP contribution in [0, 0.1) is 18.3 Å². The van der Waals surface area contributed by atoms with Crippen molar-refractivity contribution in [3.63, 3.8) is 0 Å². The highest BCUT2D eigenvalue weighted by atomic mass is 19.4. The normalized spacial score (nSPS) is 14.0. The molecule has 5 nitrogen and oxygen atoms in total. The molecular formula is C25H29F3N3O2. The smallest absolute Gasteiger partial charge is 0.422 e. The van der Waals surface area contributed by atoms with Gasteiger partial charge < -0.3 is 19.7 Å². The molecule has 0 bridgehead atoms. The van der Waals surface area contributed by atoms with Gasteiger partial charge in [-0.1, -0.05) is 25.1 Å². The van der Waals surface area contributed by atoms with Crippen molar-refractivity contribution in [1.82, 2.24) is 5.32 Å². The van der Waals surface area contributed by atoms with E-state index < -0.39 is 12.8 Å². The summed E-state index contributed by atoms with van der Waals surface area (Å²) in [6, 6.07) is 12.9. The number of anilines is 1. The van der Waals surface area contributed by atoms with Crippen LogP contribution in [0.25, 0.3) is 0 Å². The molecule has 1 aliphatic rings. The fraction of sp³-hybridized carbons (Fsp3) is 0.440. The lowest BCUT2D eigenvalue weighted by molar-refractivity contribution is -0.153. The topological polar surface area (TPSA) is 57.5 Å². The standard InChI is InChI=1S/C25H29F3N3O2/c1-3-10-31-11-8-20-14-19(15-21(16-29)24(20)31)13-18(2)30-9-12-32-22-6-4-5-7-23(22)33-17-25(26,27)28/h4-7,14-15,18,30H,1,3,8-13,17H2,2H3/t18-/m1/s1. The van der Waals surface area contributed by atoms with Gasteiger partial charge in [0.15, 0.2) is 18.1 Å². The lowest BCUT2D eigenvalue weighted by Gasteiger charge is -2.20. The van der Waals surface area contributed by atoms with Gasteiger partial charge in [0.2, 0.25) is 0 Å². The second kappa shape index (κ2) is 11.3. The van der Waals surface area contributed by atoms with Gasteiger partial charge in [-0.25, -0.2) is 0 Å². The van der Waals surface area contributed by atoms with Crippen LogP contribution in [0.3, 0.4) is 0 Å². The number of ether oxygens (including phenoxy) is 2. The molecule has 0 aromatic heterocycles. The molecule has 0 spiro atoms. The number of hydrogen-bond acceptors (Lipinski definition) is 5. The molecule has 1 atom stereocenters. The van der Waals surface area contributed by atoms with Gasteiger partial charge in [0, 0.05) is 25.7 Å². The minimum atomic E-state index is -4.40. The minimum absolute atomic E-state index is 0.0675. The highest BCUT2D eigenvalue weighted by molar-refractivity contribution is 5.68. The summed E-state index contributed by atoms with van der Waals surface area (Å²) in [7, 11) is 0. The van der Waals surface area contributed by atoms with Crippen molar-refractivity contribution in [2.24, 2.45) is 0 Å². The highest BCUT2D eigenvalue weighted by Gasteiger charge is 2.29. The van der Waals surface area contributed by atoms with Crippen LogP contribution in [0.4, 0.5) is 18.9 Å².